The highest BCUT2D eigenvalue weighted by Crippen LogP contribution is 2.58. The summed E-state index contributed by atoms with van der Waals surface area (Å²) in [6.45, 7) is 8.72. The van der Waals surface area contributed by atoms with Gasteiger partial charge < -0.3 is 19.1 Å². The third-order valence-electron chi connectivity index (χ3n) is 4.58. The van der Waals surface area contributed by atoms with Gasteiger partial charge in [-0.25, -0.2) is 4.79 Å². The molecule has 2 heterocycles. The average molecular weight is 283 g/mol. The van der Waals surface area contributed by atoms with E-state index in [1.165, 1.54) is 0 Å². The summed E-state index contributed by atoms with van der Waals surface area (Å²) in [4.78, 5) is 13.9. The minimum atomic E-state index is -0.418. The Morgan fingerprint density at radius 2 is 1.65 bits per heavy atom. The SMILES string of the molecule is CC(C)(C)OC(=O)N1CCC2(CC1)CC1(C2)OCCO1. The van der Waals surface area contributed by atoms with E-state index in [4.69, 9.17) is 14.2 Å². The second-order valence-corrected chi connectivity index (χ2v) is 7.43. The lowest BCUT2D eigenvalue weighted by molar-refractivity contribution is -0.269. The van der Waals surface area contributed by atoms with Crippen molar-refractivity contribution in [3.05, 3.63) is 0 Å². The van der Waals surface area contributed by atoms with Crippen LogP contribution in [0, 0.1) is 5.41 Å². The van der Waals surface area contributed by atoms with E-state index in [2.05, 4.69) is 0 Å². The fourth-order valence-electron chi connectivity index (χ4n) is 3.64. The molecule has 0 atom stereocenters. The fraction of sp³-hybridized carbons (Fsp3) is 0.933. The van der Waals surface area contributed by atoms with Gasteiger partial charge in [-0.3, -0.25) is 0 Å². The van der Waals surface area contributed by atoms with Crippen LogP contribution in [-0.2, 0) is 14.2 Å². The highest BCUT2D eigenvalue weighted by Gasteiger charge is 2.58. The normalized spacial score (nSPS) is 27.6. The molecule has 0 radical (unpaired) electrons. The van der Waals surface area contributed by atoms with Crippen molar-refractivity contribution >= 4 is 6.09 Å². The summed E-state index contributed by atoms with van der Waals surface area (Å²) in [5.74, 6) is -0.284. The van der Waals surface area contributed by atoms with Gasteiger partial charge in [0.05, 0.1) is 13.2 Å². The summed E-state index contributed by atoms with van der Waals surface area (Å²) < 4.78 is 16.9. The Hall–Kier alpha value is -0.810. The molecule has 1 aliphatic carbocycles. The van der Waals surface area contributed by atoms with Crippen LogP contribution in [0.2, 0.25) is 0 Å². The van der Waals surface area contributed by atoms with Crippen LogP contribution in [0.4, 0.5) is 4.79 Å². The van der Waals surface area contributed by atoms with Crippen LogP contribution in [0.1, 0.15) is 46.5 Å². The minimum Gasteiger partial charge on any atom is -0.444 e. The first-order valence-electron chi connectivity index (χ1n) is 7.58. The molecule has 2 aliphatic heterocycles. The molecule has 3 rings (SSSR count). The maximum absolute atomic E-state index is 12.0. The van der Waals surface area contributed by atoms with Crippen LogP contribution in [0.25, 0.3) is 0 Å². The first kappa shape index (κ1) is 14.1. The molecule has 114 valence electrons. The summed E-state index contributed by atoms with van der Waals surface area (Å²) in [7, 11) is 0. The summed E-state index contributed by atoms with van der Waals surface area (Å²) in [6.07, 6.45) is 3.85. The molecule has 1 amide bonds. The Balaban J connectivity index is 1.49. The molecule has 0 aromatic heterocycles. The van der Waals surface area contributed by atoms with Gasteiger partial charge in [-0.1, -0.05) is 0 Å². The summed E-state index contributed by atoms with van der Waals surface area (Å²) in [6, 6.07) is 0. The molecule has 0 aromatic carbocycles. The number of piperidine rings is 1. The lowest BCUT2D eigenvalue weighted by Crippen LogP contribution is -2.57. The predicted molar refractivity (Wildman–Crippen MR) is 73.3 cm³/mol. The second-order valence-electron chi connectivity index (χ2n) is 7.43. The number of ether oxygens (including phenoxy) is 3. The molecular formula is C15H25NO4. The number of hydrogen-bond acceptors (Lipinski definition) is 4. The van der Waals surface area contributed by atoms with E-state index in [1.807, 2.05) is 25.7 Å². The second kappa shape index (κ2) is 4.60. The van der Waals surface area contributed by atoms with Crippen molar-refractivity contribution in [2.24, 2.45) is 5.41 Å². The van der Waals surface area contributed by atoms with Crippen LogP contribution < -0.4 is 0 Å². The van der Waals surface area contributed by atoms with E-state index in [-0.39, 0.29) is 11.9 Å². The maximum Gasteiger partial charge on any atom is 0.410 e. The van der Waals surface area contributed by atoms with Gasteiger partial charge in [0.25, 0.3) is 0 Å². The molecule has 3 aliphatic rings. The molecule has 0 aromatic rings. The summed E-state index contributed by atoms with van der Waals surface area (Å²) in [5, 5.41) is 0. The number of rotatable bonds is 0. The van der Waals surface area contributed by atoms with Crippen molar-refractivity contribution in [2.45, 2.75) is 57.8 Å². The van der Waals surface area contributed by atoms with Gasteiger partial charge >= 0.3 is 6.09 Å². The Bertz CT molecular complexity index is 377. The molecule has 0 bridgehead atoms. The average Bonchev–Trinajstić information content (AvgIpc) is 2.76. The van der Waals surface area contributed by atoms with Gasteiger partial charge in [-0.15, -0.1) is 0 Å². The van der Waals surface area contributed by atoms with E-state index in [9.17, 15) is 4.79 Å². The highest BCUT2D eigenvalue weighted by atomic mass is 16.7. The number of likely N-dealkylation sites (tertiary alicyclic amines) is 1. The van der Waals surface area contributed by atoms with E-state index in [0.29, 0.717) is 5.41 Å². The third-order valence-corrected chi connectivity index (χ3v) is 4.58. The molecule has 2 saturated heterocycles. The Labute approximate surface area is 120 Å². The van der Waals surface area contributed by atoms with Gasteiger partial charge in [0.1, 0.15) is 5.60 Å². The molecule has 3 fully saturated rings. The Kier molecular flexibility index (Phi) is 3.25. The number of hydrogen-bond donors (Lipinski definition) is 0. The van der Waals surface area contributed by atoms with Crippen LogP contribution in [-0.4, -0.2) is 48.7 Å². The summed E-state index contributed by atoms with van der Waals surface area (Å²) >= 11 is 0. The molecular weight excluding hydrogens is 258 g/mol. The largest absolute Gasteiger partial charge is 0.444 e. The third kappa shape index (κ3) is 2.66. The molecule has 1 saturated carbocycles. The number of amides is 1. The van der Waals surface area contributed by atoms with Gasteiger partial charge in [0.15, 0.2) is 5.79 Å². The molecule has 5 heteroatoms. The molecule has 0 unspecified atom stereocenters. The molecule has 20 heavy (non-hydrogen) atoms. The number of carbonyl (C=O) groups excluding carboxylic acids is 1. The zero-order valence-corrected chi connectivity index (χ0v) is 12.7. The van der Waals surface area contributed by atoms with Crippen LogP contribution >= 0.6 is 0 Å². The predicted octanol–water partition coefficient (Wildman–Crippen LogP) is 2.54. The number of carbonyl (C=O) groups is 1. The van der Waals surface area contributed by atoms with E-state index < -0.39 is 5.60 Å². The van der Waals surface area contributed by atoms with E-state index >= 15 is 0 Å². The van der Waals surface area contributed by atoms with Crippen molar-refractivity contribution in [1.82, 2.24) is 4.90 Å². The van der Waals surface area contributed by atoms with Crippen molar-refractivity contribution in [2.75, 3.05) is 26.3 Å². The Morgan fingerprint density at radius 3 is 2.15 bits per heavy atom. The highest BCUT2D eigenvalue weighted by molar-refractivity contribution is 5.68. The van der Waals surface area contributed by atoms with E-state index in [0.717, 1.165) is 52.0 Å². The smallest absolute Gasteiger partial charge is 0.410 e. The van der Waals surface area contributed by atoms with Crippen LogP contribution in [0.15, 0.2) is 0 Å². The van der Waals surface area contributed by atoms with Crippen LogP contribution in [0.3, 0.4) is 0 Å². The van der Waals surface area contributed by atoms with Crippen molar-refractivity contribution in [3.8, 4) is 0 Å². The summed E-state index contributed by atoms with van der Waals surface area (Å²) in [5.41, 5.74) is -0.0961. The lowest BCUT2D eigenvalue weighted by atomic mass is 9.59. The van der Waals surface area contributed by atoms with Crippen LogP contribution in [0.5, 0.6) is 0 Å². The topological polar surface area (TPSA) is 48.0 Å². The quantitative estimate of drug-likeness (QED) is 0.685. The Morgan fingerprint density at radius 1 is 1.10 bits per heavy atom. The lowest BCUT2D eigenvalue weighted by Gasteiger charge is -2.55. The fourth-order valence-corrected chi connectivity index (χ4v) is 3.64. The van der Waals surface area contributed by atoms with Gasteiger partial charge in [-0.2, -0.15) is 0 Å². The molecule has 5 nitrogen and oxygen atoms in total. The van der Waals surface area contributed by atoms with E-state index in [1.54, 1.807) is 0 Å². The zero-order chi connectivity index (χ0) is 14.4. The van der Waals surface area contributed by atoms with Crippen molar-refractivity contribution in [1.29, 1.82) is 0 Å². The first-order valence-corrected chi connectivity index (χ1v) is 7.58. The first-order chi connectivity index (χ1) is 9.32. The van der Waals surface area contributed by atoms with Gasteiger partial charge in [0.2, 0.25) is 0 Å². The van der Waals surface area contributed by atoms with Gasteiger partial charge in [0, 0.05) is 25.9 Å². The maximum atomic E-state index is 12.0. The molecule has 2 spiro atoms. The standard InChI is InChI=1S/C15H25NO4/c1-13(2,3)20-12(17)16-6-4-14(5-7-16)10-15(11-14)18-8-9-19-15/h4-11H2,1-3H3. The van der Waals surface area contributed by atoms with Crippen molar-refractivity contribution < 1.29 is 19.0 Å². The van der Waals surface area contributed by atoms with Gasteiger partial charge in [-0.05, 0) is 39.0 Å². The minimum absolute atomic E-state index is 0.185. The molecule has 0 N–H and O–H groups in total. The zero-order valence-electron chi connectivity index (χ0n) is 12.7. The van der Waals surface area contributed by atoms with Crippen molar-refractivity contribution in [3.63, 3.8) is 0 Å². The monoisotopic (exact) mass is 283 g/mol. The number of nitrogens with zero attached hydrogens (tertiary/aromatic N) is 1.